The molecule has 0 spiro atoms. The minimum absolute atomic E-state index is 1.13. The Hall–Kier alpha value is -5.21. The number of unbranched alkanes of at least 4 members (excludes halogenated alkanes) is 24. The molecule has 0 saturated carbocycles. The van der Waals surface area contributed by atoms with Crippen LogP contribution in [0.25, 0.3) is 0 Å². The predicted molar refractivity (Wildman–Crippen MR) is 394 cm³/mol. The molecule has 0 amide bonds. The summed E-state index contributed by atoms with van der Waals surface area (Å²) in [5.41, 5.74) is 13.1. The molecule has 16 heteroatoms. The van der Waals surface area contributed by atoms with Gasteiger partial charge in [-0.2, -0.15) is 0 Å². The fourth-order valence-corrected chi connectivity index (χ4v) is 12.5. The first-order chi connectivity index (χ1) is 45.4. The molecule has 0 saturated heterocycles. The third-order valence-corrected chi connectivity index (χ3v) is 17.8. The molecule has 6 nitrogen and oxygen atoms in total. The van der Waals surface area contributed by atoms with Crippen molar-refractivity contribution in [2.75, 3.05) is 72.0 Å². The van der Waals surface area contributed by atoms with Crippen molar-refractivity contribution in [1.29, 1.82) is 0 Å². The van der Waals surface area contributed by atoms with E-state index in [2.05, 4.69) is 196 Å². The van der Waals surface area contributed by atoms with Gasteiger partial charge in [0.05, 0.1) is 0 Å². The Labute approximate surface area is 567 Å². The molecule has 0 aliphatic carbocycles. The van der Waals surface area contributed by atoms with E-state index in [1.54, 1.807) is 0 Å². The van der Waals surface area contributed by atoms with Gasteiger partial charge in [0.25, 0.3) is 0 Å². The maximum atomic E-state index is 9.75. The molecule has 2 N–H and O–H groups in total. The number of quaternary nitrogens is 2. The Kier molecular flexibility index (Phi) is 44.3. The van der Waals surface area contributed by atoms with Gasteiger partial charge in [-0.25, -0.2) is 9.80 Å². The lowest BCUT2D eigenvalue weighted by atomic mass is 10.1. The first-order valence-corrected chi connectivity index (χ1v) is 37.4. The second kappa shape index (κ2) is 50.2. The van der Waals surface area contributed by atoms with Crippen LogP contribution in [0, 0.1) is 0 Å². The highest BCUT2D eigenvalue weighted by Crippen LogP contribution is 2.29. The summed E-state index contributed by atoms with van der Waals surface area (Å²) >= 11 is 0. The summed E-state index contributed by atoms with van der Waals surface area (Å²) in [6.45, 7) is 27.7. The minimum Gasteiger partial charge on any atom is -0.418 e. The van der Waals surface area contributed by atoms with Gasteiger partial charge in [0.1, 0.15) is 34.1 Å². The Bertz CT molecular complexity index is 2190. The normalized spacial score (nSPS) is 11.6. The van der Waals surface area contributed by atoms with Crippen LogP contribution in [0.1, 0.15) is 261 Å². The average molecular weight is 1320 g/mol. The first-order valence-electron chi connectivity index (χ1n) is 37.4. The lowest BCUT2D eigenvalue weighted by molar-refractivity contribution is -0.684. The zero-order valence-corrected chi connectivity index (χ0v) is 59.8. The van der Waals surface area contributed by atoms with Crippen molar-refractivity contribution >= 4 is 71.4 Å². The van der Waals surface area contributed by atoms with Crippen molar-refractivity contribution in [3.63, 3.8) is 0 Å². The average Bonchev–Trinajstić information content (AvgIpc) is 0.830. The molecule has 0 atom stereocenters. The van der Waals surface area contributed by atoms with E-state index in [1.807, 2.05) is 0 Å². The van der Waals surface area contributed by atoms with Gasteiger partial charge in [-0.15, -0.1) is 0 Å². The quantitative estimate of drug-likeness (QED) is 0.0230. The van der Waals surface area contributed by atoms with E-state index in [0.29, 0.717) is 0 Å². The van der Waals surface area contributed by atoms with Crippen LogP contribution in [0.15, 0.2) is 121 Å². The summed E-state index contributed by atoms with van der Waals surface area (Å²) in [5.74, 6) is 0. The summed E-state index contributed by atoms with van der Waals surface area (Å²) in [6, 6.07) is 48.6. The highest BCUT2D eigenvalue weighted by Gasteiger charge is 2.26. The molecule has 5 aromatic carbocycles. The number of nitrogens with zero attached hydrogens (tertiary/aromatic N) is 4. The molecule has 5 aromatic rings. The smallest absolute Gasteiger partial charge is 0.418 e. The fraction of sp³-hybridized carbons (Fsp3) is 0.615. The number of rotatable bonds is 50. The van der Waals surface area contributed by atoms with Crippen molar-refractivity contribution in [3.8, 4) is 0 Å². The molecule has 94 heavy (non-hydrogen) atoms. The molecule has 0 heterocycles. The third kappa shape index (κ3) is 36.2. The van der Waals surface area contributed by atoms with Gasteiger partial charge in [0, 0.05) is 148 Å². The molecule has 530 valence electrons. The number of anilines is 4. The van der Waals surface area contributed by atoms with E-state index in [9.17, 15) is 34.5 Å². The topological polar surface area (TPSA) is 21.8 Å². The molecule has 0 unspecified atom stereocenters. The van der Waals surface area contributed by atoms with E-state index in [1.165, 1.54) is 272 Å². The fourth-order valence-electron chi connectivity index (χ4n) is 12.5. The van der Waals surface area contributed by atoms with Crippen molar-refractivity contribution in [2.45, 2.75) is 261 Å². The lowest BCUT2D eigenvalue weighted by Gasteiger charge is -2.27. The van der Waals surface area contributed by atoms with Crippen LogP contribution < -0.4 is 29.4 Å². The largest absolute Gasteiger partial charge is 0.673 e. The van der Waals surface area contributed by atoms with E-state index in [4.69, 9.17) is 0 Å². The third-order valence-electron chi connectivity index (χ3n) is 17.8. The van der Waals surface area contributed by atoms with Crippen LogP contribution >= 0.6 is 0 Å². The van der Waals surface area contributed by atoms with Crippen LogP contribution in [0.2, 0.25) is 0 Å². The van der Waals surface area contributed by atoms with Crippen molar-refractivity contribution < 1.29 is 44.3 Å². The van der Waals surface area contributed by atoms with Crippen LogP contribution in [-0.4, -0.2) is 66.9 Å². The van der Waals surface area contributed by atoms with Crippen molar-refractivity contribution in [2.24, 2.45) is 0 Å². The van der Waals surface area contributed by atoms with Gasteiger partial charge in [0.15, 0.2) is 0 Å². The maximum absolute atomic E-state index is 9.75. The molecule has 0 aliphatic rings. The molecule has 0 aliphatic heterocycles. The molecule has 0 radical (unpaired) electrons. The number of benzene rings is 5. The van der Waals surface area contributed by atoms with Gasteiger partial charge >= 0.3 is 14.5 Å². The summed E-state index contributed by atoms with van der Waals surface area (Å²) in [6.07, 6.45) is 41.3. The molecule has 0 fully saturated rings. The number of nitrogens with one attached hydrogen (secondary N) is 2. The van der Waals surface area contributed by atoms with Crippen molar-refractivity contribution in [3.05, 3.63) is 121 Å². The van der Waals surface area contributed by atoms with Crippen LogP contribution in [0.4, 0.5) is 91.4 Å². The Morgan fingerprint density at radius 1 is 0.202 bits per heavy atom. The second-order valence-corrected chi connectivity index (χ2v) is 25.9. The summed E-state index contributed by atoms with van der Waals surface area (Å²) in [5, 5.41) is 0. The second-order valence-electron chi connectivity index (χ2n) is 25.9. The van der Waals surface area contributed by atoms with Gasteiger partial charge in [0.2, 0.25) is 0 Å². The van der Waals surface area contributed by atoms with Crippen LogP contribution in [0.5, 0.6) is 0 Å². The molecule has 0 bridgehead atoms. The highest BCUT2D eigenvalue weighted by molar-refractivity contribution is 6.50. The van der Waals surface area contributed by atoms with Crippen LogP contribution in [0.3, 0.4) is 0 Å². The number of halogens is 8. The Balaban J connectivity index is 0.00000213. The van der Waals surface area contributed by atoms with E-state index in [0.717, 1.165) is 52.4 Å². The van der Waals surface area contributed by atoms with Gasteiger partial charge < -0.3 is 54.1 Å². The SMILES string of the molecule is CCCCCCN(CCCCCC)c1ccc([NH+](c2ccc(N(CCCCCC)CCCCCC)cc2)c2ccc([NH+](c3ccc(N(CCCCCC)CCCCCC)cc3)c3ccc(N(CCCCCC)CCCCCC)cc3)cc2)cc1.F[B-](F)(F)F.F[B-](F)(F)F. The molecular formula is C78H126B2F8N6. The first kappa shape index (κ1) is 83.0. The zero-order chi connectivity index (χ0) is 68.7. The zero-order valence-electron chi connectivity index (χ0n) is 59.8. The maximum Gasteiger partial charge on any atom is 0.673 e. The number of hydrogen-bond donors (Lipinski definition) is 2. The summed E-state index contributed by atoms with van der Waals surface area (Å²) in [7, 11) is -12.0. The van der Waals surface area contributed by atoms with E-state index < -0.39 is 14.5 Å². The molecule has 0 aromatic heterocycles. The standard InChI is InChI=1S/C78H124N6.2BF4/c1-9-17-25-33-61-79(62-34-26-18-10-2)69-41-49-73(50-42-69)83(74-51-43-70(44-52-74)80(63-35-27-19-11-3)64-36-28-20-12-4)77-57-59-78(60-58-77)84(75-53-45-71(46-54-75)81(65-37-29-21-13-5)66-38-30-22-14-6)76-55-47-72(48-56-76)82(67-39-31-23-15-7)68-40-32-24-16-8;2*2-1(3,4)5/h41-60H,9-40,61-68H2,1-8H3;;/q;2*-1/p+2. The van der Waals surface area contributed by atoms with Crippen molar-refractivity contribution in [1.82, 2.24) is 0 Å². The monoisotopic (exact) mass is 1320 g/mol. The lowest BCUT2D eigenvalue weighted by Crippen LogP contribution is -2.97. The molecule has 5 rings (SSSR count). The molecular weight excluding hydrogens is 1190 g/mol. The van der Waals surface area contributed by atoms with Crippen LogP contribution in [-0.2, 0) is 0 Å². The van der Waals surface area contributed by atoms with Gasteiger partial charge in [-0.05, 0) is 99.9 Å². The van der Waals surface area contributed by atoms with E-state index >= 15 is 0 Å². The Morgan fingerprint density at radius 2 is 0.319 bits per heavy atom. The van der Waals surface area contributed by atoms with Gasteiger partial charge in [-0.1, -0.05) is 209 Å². The minimum atomic E-state index is -6.00. The summed E-state index contributed by atoms with van der Waals surface area (Å²) < 4.78 is 78.0. The predicted octanol–water partition coefficient (Wildman–Crippen LogP) is 24.5. The van der Waals surface area contributed by atoms with E-state index in [-0.39, 0.29) is 0 Å². The Morgan fingerprint density at radius 3 is 0.436 bits per heavy atom. The highest BCUT2D eigenvalue weighted by atomic mass is 19.5. The summed E-state index contributed by atoms with van der Waals surface area (Å²) in [4.78, 5) is 13.3. The van der Waals surface area contributed by atoms with Gasteiger partial charge in [-0.3, -0.25) is 0 Å². The number of hydrogen-bond acceptors (Lipinski definition) is 4.